The van der Waals surface area contributed by atoms with Crippen LogP contribution in [0.2, 0.25) is 0 Å². The summed E-state index contributed by atoms with van der Waals surface area (Å²) in [4.78, 5) is 14.4. The van der Waals surface area contributed by atoms with E-state index in [-0.39, 0.29) is 5.91 Å². The molecule has 0 unspecified atom stereocenters. The minimum absolute atomic E-state index is 0.0884. The van der Waals surface area contributed by atoms with Crippen molar-refractivity contribution in [3.8, 4) is 11.3 Å². The highest BCUT2D eigenvalue weighted by atomic mass is 79.9. The lowest BCUT2D eigenvalue weighted by Crippen LogP contribution is -2.30. The maximum atomic E-state index is 12.7. The van der Waals surface area contributed by atoms with Crippen LogP contribution in [0.15, 0.2) is 65.1 Å². The van der Waals surface area contributed by atoms with Crippen molar-refractivity contribution < 1.29 is 4.79 Å². The molecule has 1 amide bonds. The molecule has 0 fully saturated rings. The van der Waals surface area contributed by atoms with Crippen molar-refractivity contribution in [3.63, 3.8) is 0 Å². The summed E-state index contributed by atoms with van der Waals surface area (Å²) in [5.41, 5.74) is 3.07. The van der Waals surface area contributed by atoms with Crippen LogP contribution in [0, 0.1) is 0 Å². The van der Waals surface area contributed by atoms with Gasteiger partial charge in [0.2, 0.25) is 0 Å². The van der Waals surface area contributed by atoms with Crippen LogP contribution in [-0.2, 0) is 0 Å². The second-order valence-corrected chi connectivity index (χ2v) is 5.97. The number of anilines is 1. The number of hydrogen-bond donors (Lipinski definition) is 1. The van der Waals surface area contributed by atoms with Gasteiger partial charge in [-0.1, -0.05) is 46.3 Å². The van der Waals surface area contributed by atoms with E-state index in [4.69, 9.17) is 0 Å². The number of benzene rings is 2. The maximum Gasteiger partial charge on any atom is 0.276 e. The van der Waals surface area contributed by atoms with Crippen LogP contribution in [-0.4, -0.2) is 22.6 Å². The molecular weight excluding hydrogens is 354 g/mol. The van der Waals surface area contributed by atoms with Gasteiger partial charge < -0.3 is 4.90 Å². The molecule has 0 spiro atoms. The van der Waals surface area contributed by atoms with Crippen LogP contribution in [0.4, 0.5) is 5.69 Å². The minimum atomic E-state index is -0.0884. The van der Waals surface area contributed by atoms with E-state index in [1.54, 1.807) is 11.0 Å². The van der Waals surface area contributed by atoms with Crippen LogP contribution < -0.4 is 4.90 Å². The quantitative estimate of drug-likeness (QED) is 0.735. The van der Waals surface area contributed by atoms with Gasteiger partial charge in [-0.25, -0.2) is 0 Å². The molecule has 23 heavy (non-hydrogen) atoms. The monoisotopic (exact) mass is 369 g/mol. The van der Waals surface area contributed by atoms with Gasteiger partial charge >= 0.3 is 0 Å². The number of H-pyrrole nitrogens is 1. The van der Waals surface area contributed by atoms with E-state index in [1.807, 2.05) is 61.5 Å². The van der Waals surface area contributed by atoms with E-state index < -0.39 is 0 Å². The molecule has 0 aliphatic carbocycles. The number of halogens is 1. The predicted molar refractivity (Wildman–Crippen MR) is 95.5 cm³/mol. The molecule has 0 saturated heterocycles. The van der Waals surface area contributed by atoms with Crippen molar-refractivity contribution >= 4 is 27.5 Å². The standard InChI is InChI=1S/C18H16BrN3O/c1-2-22(15-6-4-3-5-7-15)18(23)17-12-16(20-21-17)13-8-10-14(19)11-9-13/h3-12H,2H2,1H3,(H,20,21). The Morgan fingerprint density at radius 3 is 2.48 bits per heavy atom. The first-order valence-corrected chi connectivity index (χ1v) is 8.16. The number of aromatic nitrogens is 2. The Kier molecular flexibility index (Phi) is 4.57. The molecule has 0 atom stereocenters. The zero-order valence-corrected chi connectivity index (χ0v) is 14.2. The van der Waals surface area contributed by atoms with Gasteiger partial charge in [0.15, 0.2) is 0 Å². The number of nitrogens with one attached hydrogen (secondary N) is 1. The van der Waals surface area contributed by atoms with Gasteiger partial charge in [-0.2, -0.15) is 5.10 Å². The first kappa shape index (κ1) is 15.5. The third kappa shape index (κ3) is 3.35. The lowest BCUT2D eigenvalue weighted by molar-refractivity contribution is 0.0983. The highest BCUT2D eigenvalue weighted by Gasteiger charge is 2.18. The number of amides is 1. The smallest absolute Gasteiger partial charge is 0.276 e. The van der Waals surface area contributed by atoms with E-state index in [0.717, 1.165) is 21.4 Å². The lowest BCUT2D eigenvalue weighted by Gasteiger charge is -2.19. The predicted octanol–water partition coefficient (Wildman–Crippen LogP) is 4.51. The summed E-state index contributed by atoms with van der Waals surface area (Å²) in [5.74, 6) is -0.0884. The topological polar surface area (TPSA) is 49.0 Å². The molecule has 0 aliphatic heterocycles. The molecule has 0 aliphatic rings. The average Bonchev–Trinajstić information content (AvgIpc) is 3.07. The second-order valence-electron chi connectivity index (χ2n) is 5.06. The summed E-state index contributed by atoms with van der Waals surface area (Å²) in [6.45, 7) is 2.55. The fourth-order valence-electron chi connectivity index (χ4n) is 2.40. The molecule has 1 N–H and O–H groups in total. The molecular formula is C18H16BrN3O. The Labute approximate surface area is 143 Å². The van der Waals surface area contributed by atoms with Crippen LogP contribution in [0.5, 0.6) is 0 Å². The van der Waals surface area contributed by atoms with E-state index >= 15 is 0 Å². The number of hydrogen-bond acceptors (Lipinski definition) is 2. The van der Waals surface area contributed by atoms with Crippen molar-refractivity contribution in [1.82, 2.24) is 10.2 Å². The van der Waals surface area contributed by atoms with Crippen molar-refractivity contribution in [2.45, 2.75) is 6.92 Å². The van der Waals surface area contributed by atoms with Crippen LogP contribution in [0.1, 0.15) is 17.4 Å². The first-order valence-electron chi connectivity index (χ1n) is 7.37. The number of nitrogens with zero attached hydrogens (tertiary/aromatic N) is 2. The third-order valence-corrected chi connectivity index (χ3v) is 4.11. The molecule has 3 aromatic rings. The Bertz CT molecular complexity index is 797. The summed E-state index contributed by atoms with van der Waals surface area (Å²) in [6.07, 6.45) is 0. The van der Waals surface area contributed by atoms with E-state index in [1.165, 1.54) is 0 Å². The second kappa shape index (κ2) is 6.79. The SMILES string of the molecule is CCN(C(=O)c1cc(-c2ccc(Br)cc2)n[nH]1)c1ccccc1. The summed E-state index contributed by atoms with van der Waals surface area (Å²) < 4.78 is 1.01. The molecule has 116 valence electrons. The number of carbonyl (C=O) groups excluding carboxylic acids is 1. The number of carbonyl (C=O) groups is 1. The summed E-state index contributed by atoms with van der Waals surface area (Å²) in [6, 6.07) is 19.2. The Hall–Kier alpha value is -2.40. The van der Waals surface area contributed by atoms with Gasteiger partial charge in [-0.05, 0) is 37.3 Å². The summed E-state index contributed by atoms with van der Waals surface area (Å²) in [7, 11) is 0. The van der Waals surface area contributed by atoms with Crippen molar-refractivity contribution in [2.75, 3.05) is 11.4 Å². The molecule has 0 saturated carbocycles. The van der Waals surface area contributed by atoms with Crippen molar-refractivity contribution in [1.29, 1.82) is 0 Å². The zero-order valence-electron chi connectivity index (χ0n) is 12.7. The molecule has 0 bridgehead atoms. The Morgan fingerprint density at radius 1 is 1.13 bits per heavy atom. The zero-order chi connectivity index (χ0) is 16.2. The third-order valence-electron chi connectivity index (χ3n) is 3.58. The van der Waals surface area contributed by atoms with Crippen LogP contribution in [0.25, 0.3) is 11.3 Å². The van der Waals surface area contributed by atoms with Gasteiger partial charge in [0, 0.05) is 22.3 Å². The minimum Gasteiger partial charge on any atom is -0.307 e. The first-order chi connectivity index (χ1) is 11.2. The normalized spacial score (nSPS) is 10.5. The van der Waals surface area contributed by atoms with Crippen molar-refractivity contribution in [3.05, 3.63) is 70.8 Å². The van der Waals surface area contributed by atoms with Gasteiger partial charge in [0.1, 0.15) is 5.69 Å². The van der Waals surface area contributed by atoms with Gasteiger partial charge in [-0.15, -0.1) is 0 Å². The van der Waals surface area contributed by atoms with Crippen LogP contribution in [0.3, 0.4) is 0 Å². The Balaban J connectivity index is 1.87. The summed E-state index contributed by atoms with van der Waals surface area (Å²) >= 11 is 3.41. The highest BCUT2D eigenvalue weighted by Crippen LogP contribution is 2.22. The molecule has 2 aromatic carbocycles. The number of aromatic amines is 1. The molecule has 1 aromatic heterocycles. The average molecular weight is 370 g/mol. The fourth-order valence-corrected chi connectivity index (χ4v) is 2.66. The highest BCUT2D eigenvalue weighted by molar-refractivity contribution is 9.10. The number of rotatable bonds is 4. The van der Waals surface area contributed by atoms with Crippen LogP contribution >= 0.6 is 15.9 Å². The molecule has 4 nitrogen and oxygen atoms in total. The van der Waals surface area contributed by atoms with E-state index in [9.17, 15) is 4.79 Å². The van der Waals surface area contributed by atoms with Gasteiger partial charge in [0.05, 0.1) is 5.69 Å². The van der Waals surface area contributed by atoms with E-state index in [2.05, 4.69) is 26.1 Å². The molecule has 5 heteroatoms. The molecule has 3 rings (SSSR count). The van der Waals surface area contributed by atoms with Gasteiger partial charge in [0.25, 0.3) is 5.91 Å². The summed E-state index contributed by atoms with van der Waals surface area (Å²) in [5, 5.41) is 7.11. The Morgan fingerprint density at radius 2 is 1.83 bits per heavy atom. The largest absolute Gasteiger partial charge is 0.307 e. The molecule has 1 heterocycles. The van der Waals surface area contributed by atoms with E-state index in [0.29, 0.717) is 12.2 Å². The lowest BCUT2D eigenvalue weighted by atomic mass is 10.1. The maximum absolute atomic E-state index is 12.7. The molecule has 0 radical (unpaired) electrons. The number of para-hydroxylation sites is 1. The van der Waals surface area contributed by atoms with Gasteiger partial charge in [-0.3, -0.25) is 9.89 Å². The van der Waals surface area contributed by atoms with Crippen molar-refractivity contribution in [2.24, 2.45) is 0 Å². The fraction of sp³-hybridized carbons (Fsp3) is 0.111.